The van der Waals surface area contributed by atoms with Crippen LogP contribution >= 0.6 is 0 Å². The van der Waals surface area contributed by atoms with Gasteiger partial charge in [-0.2, -0.15) is 0 Å². The van der Waals surface area contributed by atoms with Crippen LogP contribution in [-0.4, -0.2) is 42.9 Å². The molecule has 1 N–H and O–H groups in total. The molecule has 0 aromatic heterocycles. The highest BCUT2D eigenvalue weighted by Crippen LogP contribution is 2.37. The van der Waals surface area contributed by atoms with Crippen LogP contribution in [0.4, 0.5) is 0 Å². The lowest BCUT2D eigenvalue weighted by atomic mass is 9.79. The number of hydrogen-bond acceptors (Lipinski definition) is 3. The van der Waals surface area contributed by atoms with Crippen LogP contribution in [0, 0.1) is 0 Å². The molecule has 3 nitrogen and oxygen atoms in total. The second kappa shape index (κ2) is 9.13. The van der Waals surface area contributed by atoms with Crippen LogP contribution < -0.4 is 0 Å². The lowest BCUT2D eigenvalue weighted by Crippen LogP contribution is -2.26. The minimum Gasteiger partial charge on any atom is -0.507 e. The minimum absolute atomic E-state index is 0.00334. The first kappa shape index (κ1) is 23.2. The number of likely N-dealkylation sites (N-methyl/N-ethyl adjacent to an activating group) is 1. The number of benzene rings is 2. The van der Waals surface area contributed by atoms with Gasteiger partial charge in [0.1, 0.15) is 5.75 Å². The Hall–Kier alpha value is -2.13. The molecule has 0 amide bonds. The van der Waals surface area contributed by atoms with Gasteiger partial charge in [0.2, 0.25) is 0 Å². The van der Waals surface area contributed by atoms with Gasteiger partial charge in [-0.1, -0.05) is 77.9 Å². The summed E-state index contributed by atoms with van der Waals surface area (Å²) in [7, 11) is 4.14. The third-order valence-corrected chi connectivity index (χ3v) is 5.13. The first-order valence-electron chi connectivity index (χ1n) is 10.5. The molecular weight excluding hydrogens is 356 g/mol. The molecule has 1 atom stereocenters. The second-order valence-electron chi connectivity index (χ2n) is 10.3. The van der Waals surface area contributed by atoms with Gasteiger partial charge >= 0.3 is 0 Å². The van der Waals surface area contributed by atoms with E-state index in [1.807, 2.05) is 12.3 Å². The number of rotatable bonds is 6. The van der Waals surface area contributed by atoms with Gasteiger partial charge < -0.3 is 10.0 Å². The predicted molar refractivity (Wildman–Crippen MR) is 126 cm³/mol. The Labute approximate surface area is 177 Å². The maximum Gasteiger partial charge on any atom is 0.128 e. The molecule has 0 saturated heterocycles. The molecule has 0 aliphatic rings. The van der Waals surface area contributed by atoms with Crippen LogP contribution in [0.3, 0.4) is 0 Å². The molecule has 2 rings (SSSR count). The Bertz CT molecular complexity index is 824. The summed E-state index contributed by atoms with van der Waals surface area (Å²) in [5, 5.41) is 11.0. The lowest BCUT2D eigenvalue weighted by Gasteiger charge is -2.27. The van der Waals surface area contributed by atoms with Gasteiger partial charge in [-0.15, -0.1) is 0 Å². The fourth-order valence-corrected chi connectivity index (χ4v) is 3.42. The largest absolute Gasteiger partial charge is 0.507 e. The molecule has 0 aliphatic heterocycles. The highest BCUT2D eigenvalue weighted by molar-refractivity contribution is 5.85. The first-order valence-corrected chi connectivity index (χ1v) is 10.5. The average Bonchev–Trinajstić information content (AvgIpc) is 2.59. The fraction of sp³-hybridized carbons (Fsp3) is 0.500. The molecule has 0 aliphatic carbocycles. The number of phenolic OH excluding ortho intramolecular Hbond substituents is 1. The van der Waals surface area contributed by atoms with E-state index in [9.17, 15) is 5.11 Å². The van der Waals surface area contributed by atoms with Crippen molar-refractivity contribution in [2.75, 3.05) is 20.6 Å². The number of aromatic hydroxyl groups is 1. The van der Waals surface area contributed by atoms with Crippen LogP contribution in [0.2, 0.25) is 0 Å². The molecular formula is C26H38N2O. The Morgan fingerprint density at radius 3 is 2.10 bits per heavy atom. The Balaban J connectivity index is 2.43. The van der Waals surface area contributed by atoms with Gasteiger partial charge in [-0.05, 0) is 48.5 Å². The van der Waals surface area contributed by atoms with Crippen molar-refractivity contribution in [1.29, 1.82) is 0 Å². The van der Waals surface area contributed by atoms with E-state index < -0.39 is 0 Å². The van der Waals surface area contributed by atoms with E-state index in [0.29, 0.717) is 5.75 Å². The van der Waals surface area contributed by atoms with Crippen molar-refractivity contribution in [3.05, 3.63) is 64.7 Å². The SMILES string of the molecule is CN(C)C[C@H](Cc1ccccc1)N=Cc1cc(C(C)(C)C)cc(C(C)(C)C)c1O. The van der Waals surface area contributed by atoms with Crippen molar-refractivity contribution < 1.29 is 5.11 Å². The smallest absolute Gasteiger partial charge is 0.128 e. The number of hydrogen-bond donors (Lipinski definition) is 1. The predicted octanol–water partition coefficient (Wildman–Crippen LogP) is 5.58. The van der Waals surface area contributed by atoms with Gasteiger partial charge in [0.05, 0.1) is 6.04 Å². The Morgan fingerprint density at radius 2 is 1.59 bits per heavy atom. The molecule has 0 spiro atoms. The fourth-order valence-electron chi connectivity index (χ4n) is 3.42. The van der Waals surface area contributed by atoms with Gasteiger partial charge in [0, 0.05) is 23.9 Å². The summed E-state index contributed by atoms with van der Waals surface area (Å²) < 4.78 is 0. The molecule has 3 heteroatoms. The summed E-state index contributed by atoms with van der Waals surface area (Å²) >= 11 is 0. The molecule has 0 saturated carbocycles. The van der Waals surface area contributed by atoms with E-state index in [1.54, 1.807) is 0 Å². The number of phenols is 1. The summed E-state index contributed by atoms with van der Waals surface area (Å²) in [6.45, 7) is 13.9. The van der Waals surface area contributed by atoms with Crippen molar-refractivity contribution >= 4 is 6.21 Å². The molecule has 0 radical (unpaired) electrons. The lowest BCUT2D eigenvalue weighted by molar-refractivity contribution is 0.372. The van der Waals surface area contributed by atoms with Crippen molar-refractivity contribution in [2.24, 2.45) is 4.99 Å². The van der Waals surface area contributed by atoms with E-state index in [4.69, 9.17) is 4.99 Å². The van der Waals surface area contributed by atoms with Crippen LogP contribution in [0.1, 0.15) is 63.8 Å². The highest BCUT2D eigenvalue weighted by Gasteiger charge is 2.24. The molecule has 158 valence electrons. The Kier molecular flexibility index (Phi) is 7.29. The quantitative estimate of drug-likeness (QED) is 0.649. The molecule has 2 aromatic carbocycles. The summed E-state index contributed by atoms with van der Waals surface area (Å²) in [5.41, 5.74) is 4.14. The molecule has 0 heterocycles. The zero-order chi connectivity index (χ0) is 21.8. The zero-order valence-electron chi connectivity index (χ0n) is 19.5. The average molecular weight is 395 g/mol. The monoisotopic (exact) mass is 394 g/mol. The van der Waals surface area contributed by atoms with E-state index >= 15 is 0 Å². The van der Waals surface area contributed by atoms with Crippen molar-refractivity contribution in [3.8, 4) is 5.75 Å². The van der Waals surface area contributed by atoms with Crippen LogP contribution in [0.5, 0.6) is 5.75 Å². The normalized spacial score (nSPS) is 14.0. The topological polar surface area (TPSA) is 35.8 Å². The van der Waals surface area contributed by atoms with Crippen LogP contribution in [-0.2, 0) is 17.3 Å². The summed E-state index contributed by atoms with van der Waals surface area (Å²) in [5.74, 6) is 0.345. The first-order chi connectivity index (χ1) is 13.4. The molecule has 0 fully saturated rings. The van der Waals surface area contributed by atoms with Crippen molar-refractivity contribution in [2.45, 2.75) is 64.8 Å². The van der Waals surface area contributed by atoms with E-state index in [1.165, 1.54) is 11.1 Å². The third-order valence-electron chi connectivity index (χ3n) is 5.13. The molecule has 2 aromatic rings. The van der Waals surface area contributed by atoms with Crippen molar-refractivity contribution in [3.63, 3.8) is 0 Å². The van der Waals surface area contributed by atoms with E-state index in [2.05, 4.69) is 96.9 Å². The van der Waals surface area contributed by atoms with Gasteiger partial charge in [-0.3, -0.25) is 4.99 Å². The number of aliphatic imine (C=N–C) groups is 1. The van der Waals surface area contributed by atoms with Gasteiger partial charge in [0.15, 0.2) is 0 Å². The standard InChI is InChI=1S/C26H38N2O/c1-25(2,3)21-15-20(24(29)23(16-21)26(4,5)6)17-27-22(18-28(7)8)14-19-12-10-9-11-13-19/h9-13,15-17,22,29H,14,18H2,1-8H3/t22-/m0/s1. The summed E-state index contributed by atoms with van der Waals surface area (Å²) in [6.07, 6.45) is 2.75. The molecule has 29 heavy (non-hydrogen) atoms. The minimum atomic E-state index is -0.138. The molecule has 0 bridgehead atoms. The maximum absolute atomic E-state index is 11.0. The van der Waals surface area contributed by atoms with Gasteiger partial charge in [0.25, 0.3) is 0 Å². The van der Waals surface area contributed by atoms with Gasteiger partial charge in [-0.25, -0.2) is 0 Å². The summed E-state index contributed by atoms with van der Waals surface area (Å²) in [4.78, 5) is 7.07. The van der Waals surface area contributed by atoms with Crippen LogP contribution in [0.15, 0.2) is 47.5 Å². The summed E-state index contributed by atoms with van der Waals surface area (Å²) in [6, 6.07) is 14.8. The van der Waals surface area contributed by atoms with E-state index in [-0.39, 0.29) is 16.9 Å². The Morgan fingerprint density at radius 1 is 0.966 bits per heavy atom. The van der Waals surface area contributed by atoms with Crippen LogP contribution in [0.25, 0.3) is 0 Å². The second-order valence-corrected chi connectivity index (χ2v) is 10.3. The third kappa shape index (κ3) is 6.71. The molecule has 0 unspecified atom stereocenters. The zero-order valence-corrected chi connectivity index (χ0v) is 19.5. The van der Waals surface area contributed by atoms with E-state index in [0.717, 1.165) is 24.1 Å². The number of nitrogens with zero attached hydrogens (tertiary/aromatic N) is 2. The maximum atomic E-state index is 11.0. The van der Waals surface area contributed by atoms with Crippen molar-refractivity contribution in [1.82, 2.24) is 4.90 Å². The highest BCUT2D eigenvalue weighted by atomic mass is 16.3.